The number of fused-ring (bicyclic) bond motifs is 1. The van der Waals surface area contributed by atoms with Gasteiger partial charge in [0.05, 0.1) is 10.2 Å². The Morgan fingerprint density at radius 2 is 2.00 bits per heavy atom. The van der Waals surface area contributed by atoms with Crippen molar-refractivity contribution < 1.29 is 4.79 Å². The molecule has 0 atom stereocenters. The number of carbonyl (C=O) groups is 1. The quantitative estimate of drug-likeness (QED) is 0.822. The molecule has 1 aliphatic rings. The van der Waals surface area contributed by atoms with Crippen LogP contribution in [0.25, 0.3) is 10.2 Å². The molecule has 0 saturated carbocycles. The molecule has 0 spiro atoms. The maximum absolute atomic E-state index is 12.3. The normalized spacial score (nSPS) is 17.0. The van der Waals surface area contributed by atoms with Crippen LogP contribution in [-0.2, 0) is 7.05 Å². The second-order valence-electron chi connectivity index (χ2n) is 6.14. The lowest BCUT2D eigenvalue weighted by Crippen LogP contribution is -2.46. The predicted molar refractivity (Wildman–Crippen MR) is 96.3 cm³/mol. The molecule has 3 heterocycles. The third-order valence-corrected chi connectivity index (χ3v) is 5.60. The third-order valence-electron chi connectivity index (χ3n) is 4.75. The molecule has 1 fully saturated rings. The topological polar surface area (TPSA) is 40.5 Å². The SMILES string of the molecule is CCN1CCN(CCCNC(=O)c2cc3sccc3n2C)CC1. The van der Waals surface area contributed by atoms with Crippen LogP contribution in [0, 0.1) is 0 Å². The average Bonchev–Trinajstić information content (AvgIpc) is 3.15. The van der Waals surface area contributed by atoms with E-state index in [2.05, 4.69) is 33.5 Å². The summed E-state index contributed by atoms with van der Waals surface area (Å²) in [6, 6.07) is 4.05. The molecule has 3 rings (SSSR count). The second-order valence-corrected chi connectivity index (χ2v) is 7.09. The maximum atomic E-state index is 12.3. The highest BCUT2D eigenvalue weighted by atomic mass is 32.1. The van der Waals surface area contributed by atoms with Crippen LogP contribution in [0.5, 0.6) is 0 Å². The van der Waals surface area contributed by atoms with Crippen molar-refractivity contribution in [2.24, 2.45) is 7.05 Å². The van der Waals surface area contributed by atoms with Gasteiger partial charge in [-0.15, -0.1) is 11.3 Å². The lowest BCUT2D eigenvalue weighted by Gasteiger charge is -2.33. The van der Waals surface area contributed by atoms with Crippen molar-refractivity contribution in [2.45, 2.75) is 13.3 Å². The smallest absolute Gasteiger partial charge is 0.267 e. The fraction of sp³-hybridized carbons (Fsp3) is 0.588. The van der Waals surface area contributed by atoms with E-state index in [4.69, 9.17) is 0 Å². The average molecular weight is 334 g/mol. The molecule has 5 nitrogen and oxygen atoms in total. The van der Waals surface area contributed by atoms with Gasteiger partial charge in [0.25, 0.3) is 5.91 Å². The molecule has 2 aromatic heterocycles. The van der Waals surface area contributed by atoms with Gasteiger partial charge in [-0.2, -0.15) is 0 Å². The van der Waals surface area contributed by atoms with Crippen LogP contribution in [0.2, 0.25) is 0 Å². The number of nitrogens with zero attached hydrogens (tertiary/aromatic N) is 3. The van der Waals surface area contributed by atoms with Crippen molar-refractivity contribution in [1.29, 1.82) is 0 Å². The van der Waals surface area contributed by atoms with E-state index < -0.39 is 0 Å². The van der Waals surface area contributed by atoms with Crippen LogP contribution in [-0.4, -0.2) is 66.1 Å². The van der Waals surface area contributed by atoms with Gasteiger partial charge < -0.3 is 19.7 Å². The van der Waals surface area contributed by atoms with E-state index in [9.17, 15) is 4.79 Å². The van der Waals surface area contributed by atoms with Gasteiger partial charge in [-0.25, -0.2) is 0 Å². The number of amides is 1. The Balaban J connectivity index is 1.41. The highest BCUT2D eigenvalue weighted by Gasteiger charge is 2.16. The largest absolute Gasteiger partial charge is 0.351 e. The van der Waals surface area contributed by atoms with Crippen molar-refractivity contribution in [3.05, 3.63) is 23.2 Å². The fourth-order valence-corrected chi connectivity index (χ4v) is 4.04. The zero-order chi connectivity index (χ0) is 16.2. The standard InChI is InChI=1S/C17H26N4OS/c1-3-20-8-10-21(11-9-20)7-4-6-18-17(22)15-13-16-14(19(15)2)5-12-23-16/h5,12-13H,3-4,6-11H2,1-2H3,(H,18,22). The van der Waals surface area contributed by atoms with Crippen LogP contribution in [0.1, 0.15) is 23.8 Å². The van der Waals surface area contributed by atoms with E-state index in [0.717, 1.165) is 50.4 Å². The van der Waals surface area contributed by atoms with Gasteiger partial charge >= 0.3 is 0 Å². The first kappa shape index (κ1) is 16.5. The molecule has 0 radical (unpaired) electrons. The lowest BCUT2D eigenvalue weighted by molar-refractivity contribution is 0.0940. The second kappa shape index (κ2) is 7.47. The third kappa shape index (κ3) is 3.76. The molecule has 1 aliphatic heterocycles. The van der Waals surface area contributed by atoms with Gasteiger partial charge in [-0.3, -0.25) is 4.79 Å². The molecule has 0 bridgehead atoms. The first-order valence-corrected chi connectivity index (χ1v) is 9.33. The van der Waals surface area contributed by atoms with E-state index >= 15 is 0 Å². The maximum Gasteiger partial charge on any atom is 0.267 e. The van der Waals surface area contributed by atoms with Crippen molar-refractivity contribution in [3.63, 3.8) is 0 Å². The van der Waals surface area contributed by atoms with Crippen LogP contribution >= 0.6 is 11.3 Å². The Hall–Kier alpha value is -1.37. The Labute approximate surface area is 141 Å². The van der Waals surface area contributed by atoms with E-state index in [1.165, 1.54) is 17.8 Å². The summed E-state index contributed by atoms with van der Waals surface area (Å²) in [5, 5.41) is 5.12. The van der Waals surface area contributed by atoms with Crippen molar-refractivity contribution in [1.82, 2.24) is 19.7 Å². The van der Waals surface area contributed by atoms with Crippen LogP contribution in [0.15, 0.2) is 17.5 Å². The number of carbonyl (C=O) groups excluding carboxylic acids is 1. The summed E-state index contributed by atoms with van der Waals surface area (Å²) in [7, 11) is 1.96. The molecule has 23 heavy (non-hydrogen) atoms. The molecule has 126 valence electrons. The summed E-state index contributed by atoms with van der Waals surface area (Å²) >= 11 is 1.68. The summed E-state index contributed by atoms with van der Waals surface area (Å²) in [6.07, 6.45) is 1.01. The molecular weight excluding hydrogens is 308 g/mol. The van der Waals surface area contributed by atoms with E-state index in [-0.39, 0.29) is 5.91 Å². The van der Waals surface area contributed by atoms with Crippen LogP contribution in [0.3, 0.4) is 0 Å². The summed E-state index contributed by atoms with van der Waals surface area (Å²) < 4.78 is 3.15. The number of nitrogens with one attached hydrogen (secondary N) is 1. The highest BCUT2D eigenvalue weighted by molar-refractivity contribution is 7.17. The minimum Gasteiger partial charge on any atom is -0.351 e. The molecule has 0 aliphatic carbocycles. The minimum atomic E-state index is 0.0340. The van der Waals surface area contributed by atoms with Gasteiger partial charge in [-0.05, 0) is 37.0 Å². The summed E-state index contributed by atoms with van der Waals surface area (Å²) in [5.41, 5.74) is 1.89. The number of rotatable bonds is 6. The van der Waals surface area contributed by atoms with E-state index in [1.54, 1.807) is 11.3 Å². The molecule has 1 amide bonds. The van der Waals surface area contributed by atoms with Gasteiger partial charge in [0.15, 0.2) is 0 Å². The Morgan fingerprint density at radius 3 is 2.70 bits per heavy atom. The number of aryl methyl sites for hydroxylation is 1. The summed E-state index contributed by atoms with van der Waals surface area (Å²) in [5.74, 6) is 0.0340. The van der Waals surface area contributed by atoms with E-state index in [1.807, 2.05) is 17.7 Å². The van der Waals surface area contributed by atoms with Crippen LogP contribution in [0.4, 0.5) is 0 Å². The number of thiophene rings is 1. The molecule has 6 heteroatoms. The molecule has 0 unspecified atom stereocenters. The van der Waals surface area contributed by atoms with E-state index in [0.29, 0.717) is 0 Å². The van der Waals surface area contributed by atoms with Gasteiger partial charge in [0.1, 0.15) is 5.69 Å². The highest BCUT2D eigenvalue weighted by Crippen LogP contribution is 2.23. The van der Waals surface area contributed by atoms with Gasteiger partial charge in [0, 0.05) is 39.8 Å². The van der Waals surface area contributed by atoms with Crippen molar-refractivity contribution in [3.8, 4) is 0 Å². The molecule has 1 N–H and O–H groups in total. The first-order valence-electron chi connectivity index (χ1n) is 8.45. The molecule has 0 aromatic carbocycles. The number of likely N-dealkylation sites (N-methyl/N-ethyl adjacent to an activating group) is 1. The Bertz CT molecular complexity index is 655. The van der Waals surface area contributed by atoms with Crippen LogP contribution < -0.4 is 5.32 Å². The number of aromatic nitrogens is 1. The lowest BCUT2D eigenvalue weighted by atomic mass is 10.3. The number of hydrogen-bond acceptors (Lipinski definition) is 4. The number of hydrogen-bond donors (Lipinski definition) is 1. The fourth-order valence-electron chi connectivity index (χ4n) is 3.19. The zero-order valence-electron chi connectivity index (χ0n) is 14.0. The van der Waals surface area contributed by atoms with Crippen molar-refractivity contribution in [2.75, 3.05) is 45.8 Å². The first-order chi connectivity index (χ1) is 11.2. The summed E-state index contributed by atoms with van der Waals surface area (Å²) in [4.78, 5) is 17.3. The molecule has 1 saturated heterocycles. The van der Waals surface area contributed by atoms with Gasteiger partial charge in [-0.1, -0.05) is 6.92 Å². The Morgan fingerprint density at radius 1 is 1.26 bits per heavy atom. The monoisotopic (exact) mass is 334 g/mol. The molecular formula is C17H26N4OS. The number of piperazine rings is 1. The zero-order valence-corrected chi connectivity index (χ0v) is 14.9. The molecule has 2 aromatic rings. The van der Waals surface area contributed by atoms with Gasteiger partial charge in [0.2, 0.25) is 0 Å². The minimum absolute atomic E-state index is 0.0340. The predicted octanol–water partition coefficient (Wildman–Crippen LogP) is 2.00. The Kier molecular flexibility index (Phi) is 5.35. The summed E-state index contributed by atoms with van der Waals surface area (Å²) in [6.45, 7) is 9.82. The van der Waals surface area contributed by atoms with Crippen molar-refractivity contribution >= 4 is 27.5 Å².